The van der Waals surface area contributed by atoms with Gasteiger partial charge in [-0.1, -0.05) is 25.7 Å². The van der Waals surface area contributed by atoms with Crippen LogP contribution in [0, 0.1) is 11.8 Å². The van der Waals surface area contributed by atoms with Crippen molar-refractivity contribution in [1.29, 1.82) is 0 Å². The molecule has 0 aromatic rings. The molecule has 0 spiro atoms. The Bertz CT molecular complexity index is 652. The van der Waals surface area contributed by atoms with E-state index >= 15 is 0 Å². The number of likely N-dealkylation sites (tertiary alicyclic amines) is 1. The van der Waals surface area contributed by atoms with E-state index in [4.69, 9.17) is 4.74 Å². The van der Waals surface area contributed by atoms with Crippen LogP contribution in [0.25, 0.3) is 0 Å². The Balaban J connectivity index is 1.55. The molecule has 1 aliphatic carbocycles. The van der Waals surface area contributed by atoms with Gasteiger partial charge >= 0.3 is 11.9 Å². The van der Waals surface area contributed by atoms with Crippen molar-refractivity contribution >= 4 is 17.8 Å². The van der Waals surface area contributed by atoms with E-state index in [0.29, 0.717) is 19.4 Å². The van der Waals surface area contributed by atoms with E-state index in [1.165, 1.54) is 19.3 Å². The average Bonchev–Trinajstić information content (AvgIpc) is 3.37. The Kier molecular flexibility index (Phi) is 9.34. The molecule has 8 nitrogen and oxygen atoms in total. The molecule has 0 aromatic heterocycles. The van der Waals surface area contributed by atoms with Crippen molar-refractivity contribution in [3.8, 4) is 0 Å². The number of unbranched alkanes of at least 4 members (excludes halogenated alkanes) is 1. The predicted molar refractivity (Wildman–Crippen MR) is 121 cm³/mol. The number of hydrogen-bond acceptors (Lipinski definition) is 6. The number of nitrogens with one attached hydrogen (secondary N) is 2. The Morgan fingerprint density at radius 1 is 1.16 bits per heavy atom. The van der Waals surface area contributed by atoms with Crippen molar-refractivity contribution in [2.45, 2.75) is 102 Å². The van der Waals surface area contributed by atoms with Crippen molar-refractivity contribution in [2.24, 2.45) is 11.8 Å². The van der Waals surface area contributed by atoms with Crippen LogP contribution < -0.4 is 10.6 Å². The molecule has 0 radical (unpaired) electrons. The summed E-state index contributed by atoms with van der Waals surface area (Å²) < 4.78 is 5.26. The number of carboxylic acid groups (broad SMARTS) is 1. The number of carbonyl (C=O) groups is 3. The summed E-state index contributed by atoms with van der Waals surface area (Å²) >= 11 is 0. The van der Waals surface area contributed by atoms with Crippen LogP contribution in [0.4, 0.5) is 0 Å². The summed E-state index contributed by atoms with van der Waals surface area (Å²) in [5, 5.41) is 16.2. The number of amides is 1. The van der Waals surface area contributed by atoms with Crippen LogP contribution in [0.2, 0.25) is 0 Å². The third-order valence-corrected chi connectivity index (χ3v) is 7.58. The maximum Gasteiger partial charge on any atom is 0.326 e. The van der Waals surface area contributed by atoms with Gasteiger partial charge in [0.2, 0.25) is 5.91 Å². The van der Waals surface area contributed by atoms with E-state index < -0.39 is 24.1 Å². The topological polar surface area (TPSA) is 108 Å². The van der Waals surface area contributed by atoms with Crippen LogP contribution >= 0.6 is 0 Å². The van der Waals surface area contributed by atoms with Crippen molar-refractivity contribution in [1.82, 2.24) is 15.5 Å². The van der Waals surface area contributed by atoms with Gasteiger partial charge < -0.3 is 20.1 Å². The largest absolute Gasteiger partial charge is 0.480 e. The number of piperidine rings is 1. The molecule has 3 fully saturated rings. The second-order valence-electron chi connectivity index (χ2n) is 9.76. The second kappa shape index (κ2) is 12.0. The van der Waals surface area contributed by atoms with Crippen molar-refractivity contribution in [3.63, 3.8) is 0 Å². The number of carbonyl (C=O) groups excluding carboxylic acids is 2. The molecular formula is C24H41N3O5. The first-order valence-corrected chi connectivity index (χ1v) is 12.6. The molecule has 5 atom stereocenters. The molecule has 3 aliphatic rings. The van der Waals surface area contributed by atoms with E-state index in [-0.39, 0.29) is 23.8 Å². The smallest absolute Gasteiger partial charge is 0.326 e. The Morgan fingerprint density at radius 2 is 1.91 bits per heavy atom. The van der Waals surface area contributed by atoms with Gasteiger partial charge in [0, 0.05) is 6.04 Å². The van der Waals surface area contributed by atoms with Gasteiger partial charge in [-0.3, -0.25) is 14.9 Å². The van der Waals surface area contributed by atoms with Crippen molar-refractivity contribution in [3.05, 3.63) is 0 Å². The number of rotatable bonds is 11. The molecular weight excluding hydrogens is 410 g/mol. The molecule has 3 rings (SSSR count). The zero-order valence-electron chi connectivity index (χ0n) is 19.7. The molecule has 182 valence electrons. The molecule has 0 aromatic carbocycles. The summed E-state index contributed by atoms with van der Waals surface area (Å²) in [4.78, 5) is 39.3. The number of aliphatic carboxylic acids is 1. The fourth-order valence-electron chi connectivity index (χ4n) is 5.89. The highest BCUT2D eigenvalue weighted by molar-refractivity contribution is 5.88. The number of esters is 1. The van der Waals surface area contributed by atoms with E-state index in [1.807, 2.05) is 0 Å². The minimum Gasteiger partial charge on any atom is -0.480 e. The summed E-state index contributed by atoms with van der Waals surface area (Å²) in [5.41, 5.74) is 0. The Morgan fingerprint density at radius 3 is 2.59 bits per heavy atom. The lowest BCUT2D eigenvalue weighted by Crippen LogP contribution is -2.55. The molecule has 2 heterocycles. The third-order valence-electron chi connectivity index (χ3n) is 7.58. The molecule has 8 heteroatoms. The van der Waals surface area contributed by atoms with Crippen LogP contribution in [0.15, 0.2) is 0 Å². The summed E-state index contributed by atoms with van der Waals surface area (Å²) in [6.45, 7) is 6.00. The zero-order valence-corrected chi connectivity index (χ0v) is 19.7. The first-order chi connectivity index (χ1) is 15.4. The highest BCUT2D eigenvalue weighted by Gasteiger charge is 2.49. The van der Waals surface area contributed by atoms with Gasteiger partial charge in [-0.2, -0.15) is 0 Å². The van der Waals surface area contributed by atoms with E-state index in [0.717, 1.165) is 51.1 Å². The van der Waals surface area contributed by atoms with Crippen molar-refractivity contribution in [2.75, 3.05) is 19.7 Å². The van der Waals surface area contributed by atoms with Crippen LogP contribution in [-0.2, 0) is 19.1 Å². The standard InChI is InChI=1S/C24H41N3O5/c1-3-32-24(31)19(9-5-4-7-17-11-13-25-14-12-17)26-16(2)22(28)27-20-10-6-8-18(20)15-21(27)23(29)30/h16-21,25-26H,3-15H2,1-2H3,(H,29,30)/t16-,18-,19-,20-,21-/m0/s1. The molecule has 3 N–H and O–H groups in total. The van der Waals surface area contributed by atoms with Gasteiger partial charge in [-0.15, -0.1) is 0 Å². The van der Waals surface area contributed by atoms with Gasteiger partial charge in [-0.05, 0) is 77.3 Å². The quantitative estimate of drug-likeness (QED) is 0.327. The molecule has 0 unspecified atom stereocenters. The lowest BCUT2D eigenvalue weighted by Gasteiger charge is -2.32. The molecule has 32 heavy (non-hydrogen) atoms. The maximum absolute atomic E-state index is 13.3. The normalized spacial score (nSPS) is 27.7. The number of nitrogens with zero attached hydrogens (tertiary/aromatic N) is 1. The molecule has 1 saturated carbocycles. The second-order valence-corrected chi connectivity index (χ2v) is 9.76. The van der Waals surface area contributed by atoms with Gasteiger partial charge in [0.15, 0.2) is 0 Å². The Hall–Kier alpha value is -1.67. The average molecular weight is 452 g/mol. The predicted octanol–water partition coefficient (Wildman–Crippen LogP) is 2.31. The zero-order chi connectivity index (χ0) is 23.1. The van der Waals surface area contributed by atoms with Crippen LogP contribution in [0.5, 0.6) is 0 Å². The van der Waals surface area contributed by atoms with E-state index in [2.05, 4.69) is 10.6 Å². The fraction of sp³-hybridized carbons (Fsp3) is 0.875. The highest BCUT2D eigenvalue weighted by Crippen LogP contribution is 2.41. The van der Waals surface area contributed by atoms with Gasteiger partial charge in [0.05, 0.1) is 12.6 Å². The SMILES string of the molecule is CCOC(=O)[C@H](CCCCC1CCNCC1)N[C@@H](C)C(=O)N1[C@H](C(=O)O)C[C@@H]2CCC[C@@H]21. The van der Waals surface area contributed by atoms with E-state index in [9.17, 15) is 19.5 Å². The van der Waals surface area contributed by atoms with Gasteiger partial charge in [0.25, 0.3) is 0 Å². The summed E-state index contributed by atoms with van der Waals surface area (Å²) in [5.74, 6) is -0.434. The molecule has 1 amide bonds. The molecule has 2 saturated heterocycles. The van der Waals surface area contributed by atoms with Crippen LogP contribution in [-0.4, -0.2) is 71.7 Å². The summed E-state index contributed by atoms with van der Waals surface area (Å²) in [6, 6.07) is -1.92. The fourth-order valence-corrected chi connectivity index (χ4v) is 5.89. The molecule has 0 bridgehead atoms. The number of fused-ring (bicyclic) bond motifs is 1. The summed E-state index contributed by atoms with van der Waals surface area (Å²) in [7, 11) is 0. The highest BCUT2D eigenvalue weighted by atomic mass is 16.5. The lowest BCUT2D eigenvalue weighted by molar-refractivity contribution is -0.151. The third kappa shape index (κ3) is 6.22. The van der Waals surface area contributed by atoms with Crippen LogP contribution in [0.1, 0.15) is 78.1 Å². The first kappa shape index (κ1) is 25.0. The summed E-state index contributed by atoms with van der Waals surface area (Å²) in [6.07, 6.45) is 9.61. The first-order valence-electron chi connectivity index (χ1n) is 12.6. The maximum atomic E-state index is 13.3. The van der Waals surface area contributed by atoms with Gasteiger partial charge in [0.1, 0.15) is 12.1 Å². The minimum absolute atomic E-state index is 0.0128. The van der Waals surface area contributed by atoms with Crippen molar-refractivity contribution < 1.29 is 24.2 Å². The number of carboxylic acids is 1. The number of ether oxygens (including phenoxy) is 1. The van der Waals surface area contributed by atoms with Gasteiger partial charge in [-0.25, -0.2) is 4.79 Å². The minimum atomic E-state index is -0.931. The lowest BCUT2D eigenvalue weighted by atomic mass is 9.92. The van der Waals surface area contributed by atoms with Crippen LogP contribution in [0.3, 0.4) is 0 Å². The molecule has 2 aliphatic heterocycles. The van der Waals surface area contributed by atoms with E-state index in [1.54, 1.807) is 18.7 Å². The monoisotopic (exact) mass is 451 g/mol. The Labute approximate surface area is 191 Å². The number of hydrogen-bond donors (Lipinski definition) is 3.